The van der Waals surface area contributed by atoms with Gasteiger partial charge in [0.05, 0.1) is 11.3 Å². The molecule has 0 bridgehead atoms. The van der Waals surface area contributed by atoms with Gasteiger partial charge in [-0.1, -0.05) is 12.1 Å². The van der Waals surface area contributed by atoms with Crippen LogP contribution < -0.4 is 4.90 Å². The molecule has 1 amide bonds. The topological polar surface area (TPSA) is 92.5 Å². The highest BCUT2D eigenvalue weighted by Crippen LogP contribution is 2.34. The molecule has 4 aromatic rings. The van der Waals surface area contributed by atoms with Gasteiger partial charge < -0.3 is 9.67 Å². The van der Waals surface area contributed by atoms with Crippen LogP contribution in [0, 0.1) is 5.82 Å². The van der Waals surface area contributed by atoms with E-state index in [-0.39, 0.29) is 17.7 Å². The van der Waals surface area contributed by atoms with E-state index in [1.807, 2.05) is 0 Å². The molecular formula is C23H16FN3O4. The Morgan fingerprint density at radius 3 is 2.42 bits per heavy atom. The molecule has 0 aliphatic rings. The van der Waals surface area contributed by atoms with Crippen molar-refractivity contribution in [1.29, 1.82) is 0 Å². The number of hydrogen-bond donors (Lipinski definition) is 1. The third-order valence-corrected chi connectivity index (χ3v) is 4.81. The zero-order valence-corrected chi connectivity index (χ0v) is 16.1. The minimum Gasteiger partial charge on any atom is -0.478 e. The molecule has 0 radical (unpaired) electrons. The fourth-order valence-corrected chi connectivity index (χ4v) is 3.38. The summed E-state index contributed by atoms with van der Waals surface area (Å²) in [6.07, 6.45) is 3.50. The van der Waals surface area contributed by atoms with Crippen LogP contribution >= 0.6 is 0 Å². The summed E-state index contributed by atoms with van der Waals surface area (Å²) in [4.78, 5) is 40.7. The molecule has 0 aliphatic heterocycles. The van der Waals surface area contributed by atoms with Crippen molar-refractivity contribution in [3.05, 3.63) is 90.0 Å². The monoisotopic (exact) mass is 417 g/mol. The zero-order chi connectivity index (χ0) is 22.0. The number of benzene rings is 2. The Labute approximate surface area is 176 Å². The number of carboxylic acid groups (broad SMARTS) is 1. The third kappa shape index (κ3) is 3.91. The summed E-state index contributed by atoms with van der Waals surface area (Å²) in [5, 5.41) is 9.74. The van der Waals surface area contributed by atoms with E-state index in [4.69, 9.17) is 5.11 Å². The van der Waals surface area contributed by atoms with Gasteiger partial charge in [-0.2, -0.15) is 0 Å². The first-order chi connectivity index (χ1) is 15.0. The molecule has 7 nitrogen and oxygen atoms in total. The minimum absolute atomic E-state index is 0.0580. The summed E-state index contributed by atoms with van der Waals surface area (Å²) < 4.78 is 15.0. The second-order valence-corrected chi connectivity index (χ2v) is 6.79. The number of anilines is 2. The van der Waals surface area contributed by atoms with Gasteiger partial charge in [-0.25, -0.2) is 14.2 Å². The van der Waals surface area contributed by atoms with E-state index in [0.717, 1.165) is 5.56 Å². The number of halogens is 1. The Kier molecular flexibility index (Phi) is 5.28. The Morgan fingerprint density at radius 2 is 1.77 bits per heavy atom. The number of aromatic nitrogens is 2. The van der Waals surface area contributed by atoms with Crippen LogP contribution in [-0.4, -0.2) is 32.8 Å². The molecule has 2 heterocycles. The number of amides is 1. The average Bonchev–Trinajstić information content (AvgIpc) is 3.14. The lowest BCUT2D eigenvalue weighted by molar-refractivity contribution is -0.129. The van der Waals surface area contributed by atoms with Gasteiger partial charge in [0.1, 0.15) is 11.5 Å². The van der Waals surface area contributed by atoms with Gasteiger partial charge in [0, 0.05) is 30.0 Å². The van der Waals surface area contributed by atoms with Crippen LogP contribution in [0.2, 0.25) is 0 Å². The normalized spacial score (nSPS) is 10.7. The van der Waals surface area contributed by atoms with E-state index in [1.165, 1.54) is 41.3 Å². The number of carbonyl (C=O) groups is 3. The number of pyridine rings is 1. The molecule has 31 heavy (non-hydrogen) atoms. The van der Waals surface area contributed by atoms with Crippen molar-refractivity contribution in [3.8, 4) is 0 Å². The minimum atomic E-state index is -1.10. The molecule has 8 heteroatoms. The zero-order valence-electron chi connectivity index (χ0n) is 16.1. The van der Waals surface area contributed by atoms with Crippen molar-refractivity contribution in [3.63, 3.8) is 0 Å². The SMILES string of the molecule is O=CC(=O)N(c1ccc(C(=O)O)cc1)c1cn(Cc2ccc(F)cc2)c2ncccc12. The first kappa shape index (κ1) is 20.0. The van der Waals surface area contributed by atoms with Gasteiger partial charge in [-0.15, -0.1) is 0 Å². The fourth-order valence-electron chi connectivity index (χ4n) is 3.38. The molecule has 4 rings (SSSR count). The van der Waals surface area contributed by atoms with Crippen molar-refractivity contribution >= 4 is 40.6 Å². The first-order valence-corrected chi connectivity index (χ1v) is 9.29. The van der Waals surface area contributed by atoms with Gasteiger partial charge in [0.15, 0.2) is 0 Å². The molecule has 0 unspecified atom stereocenters. The lowest BCUT2D eigenvalue weighted by Crippen LogP contribution is -2.26. The number of rotatable bonds is 6. The second kappa shape index (κ2) is 8.19. The molecule has 0 aliphatic carbocycles. The highest BCUT2D eigenvalue weighted by molar-refractivity contribution is 6.33. The lowest BCUT2D eigenvalue weighted by Gasteiger charge is -2.19. The van der Waals surface area contributed by atoms with Crippen molar-refractivity contribution in [2.24, 2.45) is 0 Å². The maximum atomic E-state index is 13.2. The molecule has 154 valence electrons. The molecule has 2 aromatic heterocycles. The molecular weight excluding hydrogens is 401 g/mol. The summed E-state index contributed by atoms with van der Waals surface area (Å²) in [6, 6.07) is 15.2. The van der Waals surface area contributed by atoms with E-state index >= 15 is 0 Å². The lowest BCUT2D eigenvalue weighted by atomic mass is 10.1. The Balaban J connectivity index is 1.83. The fraction of sp³-hybridized carbons (Fsp3) is 0.0435. The van der Waals surface area contributed by atoms with Crippen molar-refractivity contribution < 1.29 is 23.9 Å². The van der Waals surface area contributed by atoms with Crippen molar-refractivity contribution in [2.75, 3.05) is 4.90 Å². The maximum Gasteiger partial charge on any atom is 0.335 e. The largest absolute Gasteiger partial charge is 0.478 e. The maximum absolute atomic E-state index is 13.2. The van der Waals surface area contributed by atoms with Crippen LogP contribution in [-0.2, 0) is 16.1 Å². The predicted molar refractivity (Wildman–Crippen MR) is 112 cm³/mol. The molecule has 1 N–H and O–H groups in total. The summed E-state index contributed by atoms with van der Waals surface area (Å²) in [5.41, 5.74) is 2.22. The quantitative estimate of drug-likeness (QED) is 0.381. The first-order valence-electron chi connectivity index (χ1n) is 9.29. The number of aromatic carboxylic acids is 1. The predicted octanol–water partition coefficient (Wildman–Crippen LogP) is 3.79. The Hall–Kier alpha value is -4.33. The third-order valence-electron chi connectivity index (χ3n) is 4.81. The molecule has 0 saturated heterocycles. The van der Waals surface area contributed by atoms with E-state index in [2.05, 4.69) is 4.98 Å². The smallest absolute Gasteiger partial charge is 0.335 e. The van der Waals surface area contributed by atoms with E-state index in [1.54, 1.807) is 41.2 Å². The molecule has 0 spiro atoms. The number of carbonyl (C=O) groups excluding carboxylic acids is 2. The highest BCUT2D eigenvalue weighted by Gasteiger charge is 2.23. The van der Waals surface area contributed by atoms with Crippen molar-refractivity contribution in [2.45, 2.75) is 6.54 Å². The summed E-state index contributed by atoms with van der Waals surface area (Å²) in [6.45, 7) is 0.370. The second-order valence-electron chi connectivity index (χ2n) is 6.79. The number of carboxylic acids is 1. The van der Waals surface area contributed by atoms with Crippen LogP contribution in [0.5, 0.6) is 0 Å². The van der Waals surface area contributed by atoms with Crippen LogP contribution in [0.25, 0.3) is 11.0 Å². The van der Waals surface area contributed by atoms with E-state index < -0.39 is 11.9 Å². The van der Waals surface area contributed by atoms with Crippen LogP contribution in [0.3, 0.4) is 0 Å². The number of fused-ring (bicyclic) bond motifs is 1. The number of nitrogens with zero attached hydrogens (tertiary/aromatic N) is 3. The van der Waals surface area contributed by atoms with Crippen LogP contribution in [0.4, 0.5) is 15.8 Å². The Bertz CT molecular complexity index is 1280. The average molecular weight is 417 g/mol. The number of aldehydes is 1. The molecule has 0 atom stereocenters. The summed E-state index contributed by atoms with van der Waals surface area (Å²) in [5.74, 6) is -2.25. The van der Waals surface area contributed by atoms with Crippen LogP contribution in [0.1, 0.15) is 15.9 Å². The molecule has 2 aromatic carbocycles. The van der Waals surface area contributed by atoms with Gasteiger partial charge in [-0.3, -0.25) is 14.5 Å². The van der Waals surface area contributed by atoms with Gasteiger partial charge in [-0.05, 0) is 54.1 Å². The van der Waals surface area contributed by atoms with Gasteiger partial charge in [0.2, 0.25) is 6.29 Å². The Morgan fingerprint density at radius 1 is 1.06 bits per heavy atom. The standard InChI is InChI=1S/C23H16FN3O4/c24-17-7-3-15(4-8-17)12-26-13-20(19-2-1-11-25-22(19)26)27(21(29)14-28)18-9-5-16(6-10-18)23(30)31/h1-11,13-14H,12H2,(H,30,31). The van der Waals surface area contributed by atoms with Crippen LogP contribution in [0.15, 0.2) is 73.1 Å². The summed E-state index contributed by atoms with van der Waals surface area (Å²) in [7, 11) is 0. The number of hydrogen-bond acceptors (Lipinski definition) is 4. The molecule has 0 saturated carbocycles. The highest BCUT2D eigenvalue weighted by atomic mass is 19.1. The molecule has 0 fully saturated rings. The van der Waals surface area contributed by atoms with Gasteiger partial charge in [0.25, 0.3) is 5.91 Å². The van der Waals surface area contributed by atoms with E-state index in [9.17, 15) is 18.8 Å². The summed E-state index contributed by atoms with van der Waals surface area (Å²) >= 11 is 0. The van der Waals surface area contributed by atoms with Gasteiger partial charge >= 0.3 is 5.97 Å². The van der Waals surface area contributed by atoms with E-state index in [0.29, 0.717) is 29.0 Å². The van der Waals surface area contributed by atoms with Crippen molar-refractivity contribution in [1.82, 2.24) is 9.55 Å².